The minimum absolute atomic E-state index is 0.252. The Labute approximate surface area is 141 Å². The van der Waals surface area contributed by atoms with Crippen LogP contribution in [-0.4, -0.2) is 19.2 Å². The van der Waals surface area contributed by atoms with Crippen LogP contribution in [-0.2, 0) is 9.05 Å². The van der Waals surface area contributed by atoms with Crippen LogP contribution < -0.4 is 0 Å². The molecule has 0 unspecified atom stereocenters. The summed E-state index contributed by atoms with van der Waals surface area (Å²) in [6, 6.07) is 17.6. The maximum absolute atomic E-state index is 12.7. The topological polar surface area (TPSA) is 64.1 Å². The van der Waals surface area contributed by atoms with E-state index in [9.17, 15) is 13.2 Å². The molecule has 2 aromatic carbocycles. The van der Waals surface area contributed by atoms with Crippen molar-refractivity contribution in [1.82, 2.24) is 4.98 Å². The molecule has 7 heteroatoms. The van der Waals surface area contributed by atoms with E-state index in [0.717, 1.165) is 11.3 Å². The van der Waals surface area contributed by atoms with Gasteiger partial charge in [-0.25, -0.2) is 13.4 Å². The van der Waals surface area contributed by atoms with Crippen LogP contribution in [0.25, 0.3) is 11.3 Å². The van der Waals surface area contributed by atoms with Gasteiger partial charge in [0, 0.05) is 21.8 Å². The lowest BCUT2D eigenvalue weighted by atomic mass is 10.1. The fraction of sp³-hybridized carbons (Fsp3) is 0. The molecule has 0 bridgehead atoms. The number of hydrogen-bond donors (Lipinski definition) is 0. The molecule has 1 heterocycles. The lowest BCUT2D eigenvalue weighted by molar-refractivity contribution is 0.104. The Kier molecular flexibility index (Phi) is 4.30. The van der Waals surface area contributed by atoms with E-state index in [0.29, 0.717) is 16.8 Å². The van der Waals surface area contributed by atoms with E-state index in [1.54, 1.807) is 54.6 Å². The predicted molar refractivity (Wildman–Crippen MR) is 90.5 cm³/mol. The van der Waals surface area contributed by atoms with Gasteiger partial charge in [0.1, 0.15) is 4.88 Å². The van der Waals surface area contributed by atoms with Gasteiger partial charge >= 0.3 is 0 Å². The van der Waals surface area contributed by atoms with E-state index in [1.807, 2.05) is 6.07 Å². The minimum atomic E-state index is -4.00. The highest BCUT2D eigenvalue weighted by Crippen LogP contribution is 2.33. The molecule has 3 aromatic rings. The molecule has 0 amide bonds. The third-order valence-corrected chi connectivity index (χ3v) is 6.08. The Morgan fingerprint density at radius 3 is 2.09 bits per heavy atom. The summed E-state index contributed by atoms with van der Waals surface area (Å²) in [5.74, 6) is -0.284. The zero-order valence-corrected chi connectivity index (χ0v) is 14.0. The molecule has 0 atom stereocenters. The molecule has 0 aliphatic heterocycles. The summed E-state index contributed by atoms with van der Waals surface area (Å²) in [6.45, 7) is 0. The summed E-state index contributed by atoms with van der Waals surface area (Å²) in [5, 5.41) is 0. The molecule has 4 nitrogen and oxygen atoms in total. The standard InChI is InChI=1S/C16H10ClNO3S2/c17-23(20,21)16-18-13(11-7-3-1-4-8-11)15(22-16)14(19)12-9-5-2-6-10-12/h1-10H. The van der Waals surface area contributed by atoms with Crippen LogP contribution >= 0.6 is 22.0 Å². The summed E-state index contributed by atoms with van der Waals surface area (Å²) < 4.78 is 22.9. The van der Waals surface area contributed by atoms with Crippen molar-refractivity contribution in [2.45, 2.75) is 4.34 Å². The van der Waals surface area contributed by atoms with Crippen LogP contribution in [0.1, 0.15) is 15.2 Å². The quantitative estimate of drug-likeness (QED) is 0.519. The molecule has 0 saturated carbocycles. The number of ketones is 1. The largest absolute Gasteiger partial charge is 0.288 e. The van der Waals surface area contributed by atoms with Gasteiger partial charge in [0.2, 0.25) is 10.1 Å². The summed E-state index contributed by atoms with van der Waals surface area (Å²) in [4.78, 5) is 17.0. The lowest BCUT2D eigenvalue weighted by Crippen LogP contribution is -2.00. The monoisotopic (exact) mass is 363 g/mol. The van der Waals surface area contributed by atoms with Gasteiger partial charge in [-0.05, 0) is 0 Å². The molecule has 116 valence electrons. The molecule has 0 saturated heterocycles. The summed E-state index contributed by atoms with van der Waals surface area (Å²) in [7, 11) is 1.39. The van der Waals surface area contributed by atoms with Crippen LogP contribution in [0, 0.1) is 0 Å². The van der Waals surface area contributed by atoms with Crippen molar-refractivity contribution in [2.24, 2.45) is 0 Å². The molecule has 23 heavy (non-hydrogen) atoms. The number of hydrogen-bond acceptors (Lipinski definition) is 5. The molecule has 0 fully saturated rings. The first-order valence-electron chi connectivity index (χ1n) is 6.57. The highest BCUT2D eigenvalue weighted by Gasteiger charge is 2.25. The van der Waals surface area contributed by atoms with Gasteiger partial charge in [0.25, 0.3) is 9.05 Å². The molecule has 0 N–H and O–H groups in total. The number of halogens is 1. The maximum Gasteiger partial charge on any atom is 0.288 e. The van der Waals surface area contributed by atoms with E-state index < -0.39 is 9.05 Å². The molecule has 0 radical (unpaired) electrons. The summed E-state index contributed by atoms with van der Waals surface area (Å²) >= 11 is 0.784. The average Bonchev–Trinajstić information content (AvgIpc) is 3.01. The normalized spacial score (nSPS) is 11.3. The average molecular weight is 364 g/mol. The Hall–Kier alpha value is -2.02. The van der Waals surface area contributed by atoms with Gasteiger partial charge in [-0.2, -0.15) is 0 Å². The third kappa shape index (κ3) is 3.34. The van der Waals surface area contributed by atoms with Crippen LogP contribution in [0.3, 0.4) is 0 Å². The molecule has 0 aliphatic carbocycles. The number of nitrogens with zero attached hydrogens (tertiary/aromatic N) is 1. The molecule has 0 spiro atoms. The van der Waals surface area contributed by atoms with E-state index in [1.165, 1.54) is 0 Å². The van der Waals surface area contributed by atoms with Crippen molar-refractivity contribution in [1.29, 1.82) is 0 Å². The van der Waals surface area contributed by atoms with Crippen LogP contribution in [0.5, 0.6) is 0 Å². The fourth-order valence-corrected chi connectivity index (χ4v) is 4.09. The maximum atomic E-state index is 12.7. The van der Waals surface area contributed by atoms with Crippen molar-refractivity contribution in [3.8, 4) is 11.3 Å². The number of carbonyl (C=O) groups is 1. The van der Waals surface area contributed by atoms with Crippen LogP contribution in [0.15, 0.2) is 65.0 Å². The summed E-state index contributed by atoms with van der Waals surface area (Å²) in [5.41, 5.74) is 1.45. The number of thiazole rings is 1. The number of rotatable bonds is 4. The highest BCUT2D eigenvalue weighted by atomic mass is 35.7. The van der Waals surface area contributed by atoms with Crippen molar-refractivity contribution < 1.29 is 13.2 Å². The van der Waals surface area contributed by atoms with Crippen molar-refractivity contribution >= 4 is 36.9 Å². The molecule has 3 rings (SSSR count). The van der Waals surface area contributed by atoms with E-state index in [-0.39, 0.29) is 15.0 Å². The van der Waals surface area contributed by atoms with Crippen LogP contribution in [0.4, 0.5) is 0 Å². The van der Waals surface area contributed by atoms with Gasteiger partial charge in [-0.15, -0.1) is 0 Å². The van der Waals surface area contributed by atoms with Gasteiger partial charge in [0.05, 0.1) is 5.69 Å². The first kappa shape index (κ1) is 15.9. The van der Waals surface area contributed by atoms with Crippen molar-refractivity contribution in [3.05, 3.63) is 71.1 Å². The number of carbonyl (C=O) groups excluding carboxylic acids is 1. The van der Waals surface area contributed by atoms with E-state index >= 15 is 0 Å². The van der Waals surface area contributed by atoms with Crippen molar-refractivity contribution in [3.63, 3.8) is 0 Å². The second-order valence-electron chi connectivity index (χ2n) is 4.66. The van der Waals surface area contributed by atoms with E-state index in [2.05, 4.69) is 4.98 Å². The fourth-order valence-electron chi connectivity index (χ4n) is 2.07. The van der Waals surface area contributed by atoms with Gasteiger partial charge in [-0.3, -0.25) is 4.79 Å². The Morgan fingerprint density at radius 2 is 1.52 bits per heavy atom. The SMILES string of the molecule is O=C(c1ccccc1)c1sc(S(=O)(=O)Cl)nc1-c1ccccc1. The second-order valence-corrected chi connectivity index (χ2v) is 8.40. The summed E-state index contributed by atoms with van der Waals surface area (Å²) in [6.07, 6.45) is 0. The Morgan fingerprint density at radius 1 is 0.957 bits per heavy atom. The number of aromatic nitrogens is 1. The Balaban J connectivity index is 2.19. The predicted octanol–water partition coefficient (Wildman–Crippen LogP) is 3.97. The van der Waals surface area contributed by atoms with Gasteiger partial charge < -0.3 is 0 Å². The zero-order chi connectivity index (χ0) is 16.4. The molecule has 0 aliphatic rings. The lowest BCUT2D eigenvalue weighted by Gasteiger charge is -2.02. The van der Waals surface area contributed by atoms with Crippen molar-refractivity contribution in [2.75, 3.05) is 0 Å². The highest BCUT2D eigenvalue weighted by molar-refractivity contribution is 8.15. The Bertz CT molecular complexity index is 952. The van der Waals surface area contributed by atoms with Gasteiger partial charge in [-0.1, -0.05) is 72.0 Å². The molecule has 1 aromatic heterocycles. The first-order chi connectivity index (χ1) is 11.0. The van der Waals surface area contributed by atoms with Gasteiger partial charge in [0.15, 0.2) is 0 Å². The smallest absolute Gasteiger partial charge is 0.288 e. The zero-order valence-electron chi connectivity index (χ0n) is 11.6. The molecular weight excluding hydrogens is 354 g/mol. The number of benzene rings is 2. The third-order valence-electron chi connectivity index (χ3n) is 3.11. The molecular formula is C16H10ClNO3S2. The minimum Gasteiger partial charge on any atom is -0.288 e. The second kappa shape index (κ2) is 6.23. The first-order valence-corrected chi connectivity index (χ1v) is 9.70. The van der Waals surface area contributed by atoms with E-state index in [4.69, 9.17) is 10.7 Å². The van der Waals surface area contributed by atoms with Crippen LogP contribution in [0.2, 0.25) is 0 Å².